The number of benzene rings is 1. The molecule has 0 radical (unpaired) electrons. The Morgan fingerprint density at radius 1 is 1.15 bits per heavy atom. The first-order valence-corrected chi connectivity index (χ1v) is 4.09. The van der Waals surface area contributed by atoms with Crippen molar-refractivity contribution in [3.05, 3.63) is 29.3 Å². The minimum Gasteiger partial charge on any atom is -0.496 e. The number of halogens is 2. The van der Waals surface area contributed by atoms with Gasteiger partial charge in [0.05, 0.1) is 7.11 Å². The van der Waals surface area contributed by atoms with Crippen molar-refractivity contribution in [2.75, 3.05) is 7.11 Å². The summed E-state index contributed by atoms with van der Waals surface area (Å²) >= 11 is 0. The lowest BCUT2D eigenvalue weighted by Gasteiger charge is -2.11. The van der Waals surface area contributed by atoms with E-state index < -0.39 is 11.6 Å². The monoisotopic (exact) mass is 186 g/mol. The molecule has 0 aromatic heterocycles. The summed E-state index contributed by atoms with van der Waals surface area (Å²) in [5.74, 6) is -1.19. The quantitative estimate of drug-likeness (QED) is 0.689. The maximum atomic E-state index is 12.8. The fourth-order valence-electron chi connectivity index (χ4n) is 1.17. The summed E-state index contributed by atoms with van der Waals surface area (Å²) in [5, 5.41) is 0. The maximum absolute atomic E-state index is 12.8. The molecule has 0 atom stereocenters. The van der Waals surface area contributed by atoms with Crippen LogP contribution < -0.4 is 4.74 Å². The molecule has 72 valence electrons. The van der Waals surface area contributed by atoms with Crippen LogP contribution >= 0.6 is 0 Å². The molecule has 3 heteroatoms. The normalized spacial score (nSPS) is 10.6. The van der Waals surface area contributed by atoms with Crippen LogP contribution in [-0.2, 0) is 0 Å². The Hall–Kier alpha value is -1.12. The molecule has 13 heavy (non-hydrogen) atoms. The summed E-state index contributed by atoms with van der Waals surface area (Å²) in [7, 11) is 1.44. The minimum atomic E-state index is -0.874. The molecular formula is C10H12F2O. The average molecular weight is 186 g/mol. The molecule has 0 saturated carbocycles. The minimum absolute atomic E-state index is 0.116. The Bertz CT molecular complexity index is 308. The number of methoxy groups -OCH3 is 1. The Morgan fingerprint density at radius 2 is 1.69 bits per heavy atom. The van der Waals surface area contributed by atoms with Crippen molar-refractivity contribution in [2.45, 2.75) is 19.8 Å². The lowest BCUT2D eigenvalue weighted by Crippen LogP contribution is -1.97. The SMILES string of the molecule is COc1cc(F)c(F)cc1C(C)C. The molecule has 1 aromatic rings. The highest BCUT2D eigenvalue weighted by atomic mass is 19.2. The van der Waals surface area contributed by atoms with Gasteiger partial charge < -0.3 is 4.74 Å². The second-order valence-corrected chi connectivity index (χ2v) is 3.16. The van der Waals surface area contributed by atoms with Crippen LogP contribution in [0.4, 0.5) is 8.78 Å². The van der Waals surface area contributed by atoms with Crippen LogP contribution in [0.25, 0.3) is 0 Å². The highest BCUT2D eigenvalue weighted by Crippen LogP contribution is 2.28. The molecular weight excluding hydrogens is 174 g/mol. The van der Waals surface area contributed by atoms with Crippen LogP contribution in [0.1, 0.15) is 25.3 Å². The molecule has 0 N–H and O–H groups in total. The van der Waals surface area contributed by atoms with Gasteiger partial charge in [0.25, 0.3) is 0 Å². The van der Waals surface area contributed by atoms with Gasteiger partial charge in [-0.15, -0.1) is 0 Å². The van der Waals surface area contributed by atoms with Crippen LogP contribution in [-0.4, -0.2) is 7.11 Å². The van der Waals surface area contributed by atoms with Crippen LogP contribution in [0.2, 0.25) is 0 Å². The van der Waals surface area contributed by atoms with E-state index in [2.05, 4.69) is 0 Å². The highest BCUT2D eigenvalue weighted by molar-refractivity contribution is 5.36. The van der Waals surface area contributed by atoms with Crippen LogP contribution in [0.5, 0.6) is 5.75 Å². The highest BCUT2D eigenvalue weighted by Gasteiger charge is 2.12. The van der Waals surface area contributed by atoms with E-state index in [0.717, 1.165) is 6.07 Å². The predicted octanol–water partition coefficient (Wildman–Crippen LogP) is 3.10. The van der Waals surface area contributed by atoms with Crippen molar-refractivity contribution in [3.8, 4) is 5.75 Å². The number of hydrogen-bond acceptors (Lipinski definition) is 1. The van der Waals surface area contributed by atoms with E-state index in [1.54, 1.807) is 0 Å². The van der Waals surface area contributed by atoms with Crippen LogP contribution in [0, 0.1) is 11.6 Å². The molecule has 1 aromatic carbocycles. The van der Waals surface area contributed by atoms with Gasteiger partial charge in [0.2, 0.25) is 0 Å². The van der Waals surface area contributed by atoms with Gasteiger partial charge >= 0.3 is 0 Å². The Morgan fingerprint density at radius 3 is 2.15 bits per heavy atom. The zero-order valence-electron chi connectivity index (χ0n) is 7.90. The van der Waals surface area contributed by atoms with Crippen molar-refractivity contribution >= 4 is 0 Å². The summed E-state index contributed by atoms with van der Waals surface area (Å²) in [6.45, 7) is 3.80. The van der Waals surface area contributed by atoms with E-state index >= 15 is 0 Å². The number of hydrogen-bond donors (Lipinski definition) is 0. The van der Waals surface area contributed by atoms with Crippen molar-refractivity contribution in [2.24, 2.45) is 0 Å². The molecule has 0 heterocycles. The fraction of sp³-hybridized carbons (Fsp3) is 0.400. The van der Waals surface area contributed by atoms with Gasteiger partial charge in [0, 0.05) is 6.07 Å². The first-order chi connectivity index (χ1) is 6.06. The first kappa shape index (κ1) is 9.96. The Balaban J connectivity index is 3.25. The third-order valence-electron chi connectivity index (χ3n) is 1.89. The van der Waals surface area contributed by atoms with E-state index in [-0.39, 0.29) is 5.92 Å². The van der Waals surface area contributed by atoms with Gasteiger partial charge in [-0.25, -0.2) is 8.78 Å². The summed E-state index contributed by atoms with van der Waals surface area (Å²) in [6, 6.07) is 2.25. The zero-order valence-corrected chi connectivity index (χ0v) is 7.90. The van der Waals surface area contributed by atoms with Crippen molar-refractivity contribution in [3.63, 3.8) is 0 Å². The summed E-state index contributed by atoms with van der Waals surface area (Å²) in [6.07, 6.45) is 0. The lowest BCUT2D eigenvalue weighted by atomic mass is 10.0. The van der Waals surface area contributed by atoms with E-state index in [0.29, 0.717) is 11.3 Å². The lowest BCUT2D eigenvalue weighted by molar-refractivity contribution is 0.398. The largest absolute Gasteiger partial charge is 0.496 e. The number of ether oxygens (including phenoxy) is 1. The average Bonchev–Trinajstić information content (AvgIpc) is 2.08. The summed E-state index contributed by atoms with van der Waals surface area (Å²) in [4.78, 5) is 0. The first-order valence-electron chi connectivity index (χ1n) is 4.09. The third-order valence-corrected chi connectivity index (χ3v) is 1.89. The van der Waals surface area contributed by atoms with Crippen molar-refractivity contribution in [1.82, 2.24) is 0 Å². The Kier molecular flexibility index (Phi) is 2.86. The molecule has 0 unspecified atom stereocenters. The smallest absolute Gasteiger partial charge is 0.162 e. The number of rotatable bonds is 2. The van der Waals surface area contributed by atoms with Gasteiger partial charge in [0.1, 0.15) is 5.75 Å². The van der Waals surface area contributed by atoms with E-state index in [1.807, 2.05) is 13.8 Å². The molecule has 0 bridgehead atoms. The molecule has 0 amide bonds. The molecule has 0 aliphatic rings. The second-order valence-electron chi connectivity index (χ2n) is 3.16. The van der Waals surface area contributed by atoms with Gasteiger partial charge in [-0.05, 0) is 17.5 Å². The summed E-state index contributed by atoms with van der Waals surface area (Å²) < 4.78 is 30.5. The topological polar surface area (TPSA) is 9.23 Å². The van der Waals surface area contributed by atoms with Gasteiger partial charge in [-0.2, -0.15) is 0 Å². The predicted molar refractivity (Wildman–Crippen MR) is 47.0 cm³/mol. The van der Waals surface area contributed by atoms with Crippen molar-refractivity contribution in [1.29, 1.82) is 0 Å². The Labute approximate surface area is 76.3 Å². The molecule has 1 rings (SSSR count). The molecule has 0 fully saturated rings. The molecule has 0 aliphatic heterocycles. The van der Waals surface area contributed by atoms with E-state index in [1.165, 1.54) is 13.2 Å². The fourth-order valence-corrected chi connectivity index (χ4v) is 1.17. The molecule has 0 aliphatic carbocycles. The molecule has 0 spiro atoms. The van der Waals surface area contributed by atoms with E-state index in [4.69, 9.17) is 4.74 Å². The van der Waals surface area contributed by atoms with E-state index in [9.17, 15) is 8.78 Å². The second kappa shape index (κ2) is 3.73. The zero-order chi connectivity index (χ0) is 10.0. The third kappa shape index (κ3) is 1.97. The standard InChI is InChI=1S/C10H12F2O/c1-6(2)7-4-8(11)9(12)5-10(7)13-3/h4-6H,1-3H3. The summed E-state index contributed by atoms with van der Waals surface area (Å²) in [5.41, 5.74) is 0.682. The van der Waals surface area contributed by atoms with Crippen LogP contribution in [0.15, 0.2) is 12.1 Å². The van der Waals surface area contributed by atoms with Crippen molar-refractivity contribution < 1.29 is 13.5 Å². The van der Waals surface area contributed by atoms with Gasteiger partial charge in [-0.1, -0.05) is 13.8 Å². The van der Waals surface area contributed by atoms with Gasteiger partial charge in [-0.3, -0.25) is 0 Å². The molecule has 1 nitrogen and oxygen atoms in total. The van der Waals surface area contributed by atoms with Crippen LogP contribution in [0.3, 0.4) is 0 Å². The maximum Gasteiger partial charge on any atom is 0.162 e. The molecule has 0 saturated heterocycles. The van der Waals surface area contributed by atoms with Gasteiger partial charge in [0.15, 0.2) is 11.6 Å².